The van der Waals surface area contributed by atoms with Crippen LogP contribution in [-0.4, -0.2) is 34.5 Å². The maximum absolute atomic E-state index is 13.1. The van der Waals surface area contributed by atoms with Gasteiger partial charge in [0.15, 0.2) is 5.17 Å². The maximum Gasteiger partial charge on any atom is 0.242 e. The molecule has 0 spiro atoms. The SMILES string of the molecule is CCC1S/C(=N\N=C\c2ccc(OC)cc2)N(Cc2ccc(F)cc2)C1=O. The van der Waals surface area contributed by atoms with Gasteiger partial charge in [-0.25, -0.2) is 4.39 Å². The number of benzene rings is 2. The van der Waals surface area contributed by atoms with E-state index in [1.807, 2.05) is 31.2 Å². The number of methoxy groups -OCH3 is 1. The van der Waals surface area contributed by atoms with E-state index in [1.54, 1.807) is 30.4 Å². The predicted molar refractivity (Wildman–Crippen MR) is 107 cm³/mol. The van der Waals surface area contributed by atoms with Gasteiger partial charge in [-0.2, -0.15) is 5.10 Å². The molecule has 1 aliphatic rings. The maximum atomic E-state index is 13.1. The molecule has 1 saturated heterocycles. The third kappa shape index (κ3) is 4.74. The minimum atomic E-state index is -0.301. The van der Waals surface area contributed by atoms with Crippen LogP contribution in [0.2, 0.25) is 0 Å². The van der Waals surface area contributed by atoms with E-state index < -0.39 is 0 Å². The molecular weight excluding hydrogens is 365 g/mol. The van der Waals surface area contributed by atoms with Crippen molar-refractivity contribution >= 4 is 29.1 Å². The van der Waals surface area contributed by atoms with E-state index in [0.29, 0.717) is 18.1 Å². The van der Waals surface area contributed by atoms with Gasteiger partial charge >= 0.3 is 0 Å². The van der Waals surface area contributed by atoms with Gasteiger partial charge in [0.05, 0.1) is 25.1 Å². The lowest BCUT2D eigenvalue weighted by Crippen LogP contribution is -2.31. The number of ether oxygens (including phenoxy) is 1. The summed E-state index contributed by atoms with van der Waals surface area (Å²) in [6, 6.07) is 13.6. The quantitative estimate of drug-likeness (QED) is 0.556. The number of rotatable bonds is 6. The summed E-state index contributed by atoms with van der Waals surface area (Å²) in [5.74, 6) is 0.474. The second kappa shape index (κ2) is 8.81. The Labute approximate surface area is 161 Å². The van der Waals surface area contributed by atoms with Crippen LogP contribution in [0.1, 0.15) is 24.5 Å². The minimum absolute atomic E-state index is 0.00484. The summed E-state index contributed by atoms with van der Waals surface area (Å²) in [7, 11) is 1.61. The van der Waals surface area contributed by atoms with Crippen LogP contribution in [0, 0.1) is 5.82 Å². The molecule has 5 nitrogen and oxygen atoms in total. The van der Waals surface area contributed by atoms with Crippen molar-refractivity contribution in [1.29, 1.82) is 0 Å². The summed E-state index contributed by atoms with van der Waals surface area (Å²) < 4.78 is 18.2. The molecule has 0 aliphatic carbocycles. The van der Waals surface area contributed by atoms with E-state index in [1.165, 1.54) is 23.9 Å². The van der Waals surface area contributed by atoms with Crippen LogP contribution in [0.5, 0.6) is 5.75 Å². The van der Waals surface area contributed by atoms with Gasteiger partial charge in [-0.1, -0.05) is 30.8 Å². The first kappa shape index (κ1) is 19.1. The molecule has 7 heteroatoms. The van der Waals surface area contributed by atoms with Crippen LogP contribution in [-0.2, 0) is 11.3 Å². The van der Waals surface area contributed by atoms with Gasteiger partial charge in [0.25, 0.3) is 0 Å². The van der Waals surface area contributed by atoms with Crippen LogP contribution in [0.4, 0.5) is 4.39 Å². The largest absolute Gasteiger partial charge is 0.497 e. The van der Waals surface area contributed by atoms with Crippen molar-refractivity contribution in [2.24, 2.45) is 10.2 Å². The molecule has 3 rings (SSSR count). The number of hydrogen-bond donors (Lipinski definition) is 0. The van der Waals surface area contributed by atoms with Crippen LogP contribution in [0.25, 0.3) is 0 Å². The Bertz CT molecular complexity index is 851. The Balaban J connectivity index is 1.77. The smallest absolute Gasteiger partial charge is 0.242 e. The molecule has 0 N–H and O–H groups in total. The fraction of sp³-hybridized carbons (Fsp3) is 0.250. The first-order chi connectivity index (χ1) is 13.1. The number of thioether (sulfide) groups is 1. The molecule has 1 heterocycles. The number of nitrogens with zero attached hydrogens (tertiary/aromatic N) is 3. The summed E-state index contributed by atoms with van der Waals surface area (Å²) in [6.45, 7) is 2.31. The molecule has 140 valence electrons. The van der Waals surface area contributed by atoms with Crippen LogP contribution < -0.4 is 4.74 Å². The minimum Gasteiger partial charge on any atom is -0.497 e. The van der Waals surface area contributed by atoms with E-state index in [0.717, 1.165) is 16.9 Å². The van der Waals surface area contributed by atoms with Crippen molar-refractivity contribution in [2.45, 2.75) is 25.1 Å². The van der Waals surface area contributed by atoms with Gasteiger partial charge in [0.2, 0.25) is 5.91 Å². The summed E-state index contributed by atoms with van der Waals surface area (Å²) in [5.41, 5.74) is 1.72. The molecule has 0 saturated carbocycles. The Hall–Kier alpha value is -2.67. The Morgan fingerprint density at radius 3 is 2.52 bits per heavy atom. The summed E-state index contributed by atoms with van der Waals surface area (Å²) in [4.78, 5) is 14.2. The highest BCUT2D eigenvalue weighted by Crippen LogP contribution is 2.30. The summed E-state index contributed by atoms with van der Waals surface area (Å²) in [5, 5.41) is 8.78. The standard InChI is InChI=1S/C20H20FN3O2S/c1-3-18-19(25)24(13-15-4-8-16(21)9-5-15)20(27-18)23-22-12-14-6-10-17(26-2)11-7-14/h4-12,18H,3,13H2,1-2H3/b22-12+,23-20-. The predicted octanol–water partition coefficient (Wildman–Crippen LogP) is 4.08. The van der Waals surface area contributed by atoms with Crippen LogP contribution in [0.3, 0.4) is 0 Å². The second-order valence-electron chi connectivity index (χ2n) is 5.97. The topological polar surface area (TPSA) is 54.3 Å². The molecule has 2 aromatic rings. The first-order valence-corrected chi connectivity index (χ1v) is 9.46. The van der Waals surface area contributed by atoms with Crippen LogP contribution >= 0.6 is 11.8 Å². The molecule has 1 atom stereocenters. The van der Waals surface area contributed by atoms with E-state index in [2.05, 4.69) is 10.2 Å². The average molecular weight is 385 g/mol. The Morgan fingerprint density at radius 1 is 1.19 bits per heavy atom. The van der Waals surface area contributed by atoms with Crippen molar-refractivity contribution in [2.75, 3.05) is 7.11 Å². The highest BCUT2D eigenvalue weighted by molar-refractivity contribution is 8.15. The van der Waals surface area contributed by atoms with Crippen molar-refractivity contribution in [3.63, 3.8) is 0 Å². The Kier molecular flexibility index (Phi) is 6.24. The number of amides is 1. The van der Waals surface area contributed by atoms with E-state index in [-0.39, 0.29) is 17.0 Å². The lowest BCUT2D eigenvalue weighted by molar-refractivity contribution is -0.126. The van der Waals surface area contributed by atoms with Gasteiger partial charge < -0.3 is 4.74 Å². The number of halogens is 1. The molecule has 27 heavy (non-hydrogen) atoms. The number of amidine groups is 1. The third-order valence-electron chi connectivity index (χ3n) is 4.11. The van der Waals surface area contributed by atoms with E-state index in [9.17, 15) is 9.18 Å². The van der Waals surface area contributed by atoms with Crippen molar-refractivity contribution < 1.29 is 13.9 Å². The van der Waals surface area contributed by atoms with Gasteiger partial charge in [-0.15, -0.1) is 5.10 Å². The zero-order valence-electron chi connectivity index (χ0n) is 15.1. The molecule has 1 fully saturated rings. The Morgan fingerprint density at radius 2 is 1.89 bits per heavy atom. The molecule has 2 aromatic carbocycles. The van der Waals surface area contributed by atoms with Crippen molar-refractivity contribution in [3.05, 3.63) is 65.5 Å². The first-order valence-electron chi connectivity index (χ1n) is 8.58. The molecule has 0 radical (unpaired) electrons. The monoisotopic (exact) mass is 385 g/mol. The molecule has 0 bridgehead atoms. The molecular formula is C20H20FN3O2S. The van der Waals surface area contributed by atoms with Gasteiger partial charge in [0, 0.05) is 0 Å². The highest BCUT2D eigenvalue weighted by Gasteiger charge is 2.36. The van der Waals surface area contributed by atoms with Gasteiger partial charge in [-0.05, 0) is 53.9 Å². The van der Waals surface area contributed by atoms with E-state index >= 15 is 0 Å². The highest BCUT2D eigenvalue weighted by atomic mass is 32.2. The van der Waals surface area contributed by atoms with Gasteiger partial charge in [-0.3, -0.25) is 9.69 Å². The molecule has 1 unspecified atom stereocenters. The fourth-order valence-corrected chi connectivity index (χ4v) is 3.62. The van der Waals surface area contributed by atoms with Crippen molar-refractivity contribution in [1.82, 2.24) is 4.90 Å². The van der Waals surface area contributed by atoms with Crippen molar-refractivity contribution in [3.8, 4) is 5.75 Å². The number of carbonyl (C=O) groups is 1. The zero-order chi connectivity index (χ0) is 19.2. The third-order valence-corrected chi connectivity index (χ3v) is 5.44. The normalized spacial score (nSPS) is 18.6. The summed E-state index contributed by atoms with van der Waals surface area (Å²) in [6.07, 6.45) is 2.34. The molecule has 1 amide bonds. The lowest BCUT2D eigenvalue weighted by atomic mass is 10.2. The number of hydrogen-bond acceptors (Lipinski definition) is 5. The lowest BCUT2D eigenvalue weighted by Gasteiger charge is -2.15. The van der Waals surface area contributed by atoms with Crippen LogP contribution in [0.15, 0.2) is 58.7 Å². The summed E-state index contributed by atoms with van der Waals surface area (Å²) >= 11 is 1.41. The fourth-order valence-electron chi connectivity index (χ4n) is 2.60. The molecule has 1 aliphatic heterocycles. The van der Waals surface area contributed by atoms with E-state index in [4.69, 9.17) is 4.74 Å². The average Bonchev–Trinajstić information content (AvgIpc) is 2.99. The molecule has 0 aromatic heterocycles. The number of carbonyl (C=O) groups excluding carboxylic acids is 1. The van der Waals surface area contributed by atoms with Gasteiger partial charge in [0.1, 0.15) is 11.6 Å². The zero-order valence-corrected chi connectivity index (χ0v) is 15.9. The second-order valence-corrected chi connectivity index (χ2v) is 7.14.